The van der Waals surface area contributed by atoms with Gasteiger partial charge in [-0.15, -0.1) is 0 Å². The summed E-state index contributed by atoms with van der Waals surface area (Å²) in [5, 5.41) is 31.9. The normalized spacial score (nSPS) is 21.6. The van der Waals surface area contributed by atoms with Crippen LogP contribution in [0.5, 0.6) is 0 Å². The lowest BCUT2D eigenvalue weighted by Crippen LogP contribution is -2.65. The molecule has 404 valence electrons. The Balaban J connectivity index is 2.73. The molecule has 1 rings (SSSR count). The van der Waals surface area contributed by atoms with Crippen molar-refractivity contribution in [2.75, 3.05) is 13.2 Å². The van der Waals surface area contributed by atoms with Crippen LogP contribution in [0.3, 0.4) is 0 Å². The van der Waals surface area contributed by atoms with Gasteiger partial charge in [0.15, 0.2) is 6.10 Å². The van der Waals surface area contributed by atoms with Crippen LogP contribution in [0.25, 0.3) is 0 Å². The van der Waals surface area contributed by atoms with Crippen molar-refractivity contribution in [3.63, 3.8) is 0 Å². The van der Waals surface area contributed by atoms with Gasteiger partial charge in [-0.25, -0.2) is 13.7 Å². The molecule has 19 nitrogen and oxygen atoms in total. The van der Waals surface area contributed by atoms with E-state index in [-0.39, 0.29) is 12.8 Å². The van der Waals surface area contributed by atoms with E-state index in [1.807, 2.05) is 12.2 Å². The Morgan fingerprint density at radius 3 is 1.33 bits per heavy atom. The topological polar surface area (TPSA) is 303 Å². The zero-order chi connectivity index (χ0) is 51.4. The minimum absolute atomic E-state index is 0.00930. The van der Waals surface area contributed by atoms with Crippen molar-refractivity contribution in [2.45, 2.75) is 236 Å². The Bertz CT molecular complexity index is 1580. The molecule has 1 saturated carbocycles. The second-order valence-electron chi connectivity index (χ2n) is 17.8. The van der Waals surface area contributed by atoms with Crippen molar-refractivity contribution in [3.8, 4) is 0 Å². The van der Waals surface area contributed by atoms with Gasteiger partial charge in [-0.05, 0) is 44.9 Å². The summed E-state index contributed by atoms with van der Waals surface area (Å²) in [4.78, 5) is 73.3. The van der Waals surface area contributed by atoms with E-state index in [0.717, 1.165) is 51.4 Å². The third-order valence-corrected chi connectivity index (χ3v) is 13.5. The molecule has 8 atom stereocenters. The van der Waals surface area contributed by atoms with E-state index < -0.39 is 91.3 Å². The highest BCUT2D eigenvalue weighted by Gasteiger charge is 2.56. The van der Waals surface area contributed by atoms with Gasteiger partial charge in [0, 0.05) is 12.8 Å². The number of phosphoric acid groups is 3. The van der Waals surface area contributed by atoms with E-state index in [1.165, 1.54) is 96.3 Å². The van der Waals surface area contributed by atoms with Gasteiger partial charge in [0.2, 0.25) is 0 Å². The molecule has 8 N–H and O–H groups in total. The first kappa shape index (κ1) is 65.4. The lowest BCUT2D eigenvalue weighted by Gasteiger charge is -2.44. The molecule has 0 bridgehead atoms. The van der Waals surface area contributed by atoms with Crippen LogP contribution in [0, 0.1) is 0 Å². The molecular weight excluding hydrogens is 961 g/mol. The first-order valence-electron chi connectivity index (χ1n) is 25.3. The minimum atomic E-state index is -5.61. The van der Waals surface area contributed by atoms with Gasteiger partial charge in [-0.3, -0.25) is 27.7 Å². The number of phosphoric ester groups is 3. The molecule has 0 aromatic rings. The van der Waals surface area contributed by atoms with E-state index in [0.29, 0.717) is 19.3 Å². The molecular formula is C47H87O19P3. The van der Waals surface area contributed by atoms with Crippen molar-refractivity contribution in [1.82, 2.24) is 0 Å². The minimum Gasteiger partial charge on any atom is -0.462 e. The van der Waals surface area contributed by atoms with E-state index in [4.69, 9.17) is 18.5 Å². The summed E-state index contributed by atoms with van der Waals surface area (Å²) in [6.07, 6.45) is 24.5. The van der Waals surface area contributed by atoms with Crippen LogP contribution in [0.4, 0.5) is 0 Å². The van der Waals surface area contributed by atoms with Crippen LogP contribution < -0.4 is 0 Å². The molecule has 0 amide bonds. The molecule has 0 radical (unpaired) electrons. The molecule has 0 aromatic heterocycles. The van der Waals surface area contributed by atoms with E-state index >= 15 is 0 Å². The Hall–Kier alpha value is -1.63. The number of rotatable bonds is 43. The standard InChI is InChI=1S/C47H87O19P3/c1-3-5-7-9-11-13-15-17-19-20-22-23-25-27-29-31-33-35-40(48)61-37-39(63-41(49)36-34-32-30-28-26-24-21-18-16-14-12-10-8-6-4-2)38-62-69(59,60)66-45-42(50)43(51)46(64-67(53,54)55)47(44(45)52)65-68(56,57)58/h17,19,22-23,27,29,39,42-47,50-52H,3-16,18,20-21,24-26,28,30-38H2,1-2H3,(H,59,60)(H2,53,54,55)(H2,56,57,58). The second-order valence-corrected chi connectivity index (χ2v) is 21.5. The quantitative estimate of drug-likeness (QED) is 0.0122. The summed E-state index contributed by atoms with van der Waals surface area (Å²) in [6.45, 7) is 2.91. The predicted molar refractivity (Wildman–Crippen MR) is 261 cm³/mol. The Kier molecular flexibility index (Phi) is 36.9. The predicted octanol–water partition coefficient (Wildman–Crippen LogP) is 9.63. The maximum atomic E-state index is 13.1. The Morgan fingerprint density at radius 1 is 0.464 bits per heavy atom. The number of carbonyl (C=O) groups excluding carboxylic acids is 2. The van der Waals surface area contributed by atoms with Gasteiger partial charge in [0.05, 0.1) is 6.61 Å². The third kappa shape index (κ3) is 35.2. The van der Waals surface area contributed by atoms with Crippen LogP contribution in [0.15, 0.2) is 36.5 Å². The second kappa shape index (κ2) is 38.9. The van der Waals surface area contributed by atoms with Crippen molar-refractivity contribution in [2.24, 2.45) is 0 Å². The number of aliphatic hydroxyl groups excluding tert-OH is 3. The molecule has 1 aliphatic carbocycles. The highest BCUT2D eigenvalue weighted by Crippen LogP contribution is 2.51. The largest absolute Gasteiger partial charge is 0.472 e. The van der Waals surface area contributed by atoms with Gasteiger partial charge >= 0.3 is 35.4 Å². The molecule has 22 heteroatoms. The molecule has 0 aromatic carbocycles. The fraction of sp³-hybridized carbons (Fsp3) is 0.830. The lowest BCUT2D eigenvalue weighted by atomic mass is 9.85. The van der Waals surface area contributed by atoms with Crippen molar-refractivity contribution in [1.29, 1.82) is 0 Å². The van der Waals surface area contributed by atoms with Gasteiger partial charge in [0.1, 0.15) is 43.2 Å². The van der Waals surface area contributed by atoms with E-state index in [2.05, 4.69) is 47.2 Å². The lowest BCUT2D eigenvalue weighted by molar-refractivity contribution is -0.213. The summed E-state index contributed by atoms with van der Waals surface area (Å²) >= 11 is 0. The van der Waals surface area contributed by atoms with Gasteiger partial charge < -0.3 is 49.3 Å². The molecule has 1 fully saturated rings. The summed E-state index contributed by atoms with van der Waals surface area (Å²) in [5.41, 5.74) is 0. The molecule has 8 unspecified atom stereocenters. The first-order chi connectivity index (χ1) is 32.8. The smallest absolute Gasteiger partial charge is 0.462 e. The van der Waals surface area contributed by atoms with Gasteiger partial charge in [-0.2, -0.15) is 0 Å². The maximum absolute atomic E-state index is 13.1. The number of unbranched alkanes of at least 4 members (excludes halogenated alkanes) is 21. The maximum Gasteiger partial charge on any atom is 0.472 e. The number of esters is 2. The SMILES string of the molecule is CCCCCCCCC=CCC=CCC=CCCCC(=O)OCC(COP(=O)(O)OC1C(O)C(O)C(OP(=O)(O)O)C(OP(=O)(O)O)C1O)OC(=O)CCCCCCCCCCCCCCCCC. The fourth-order valence-corrected chi connectivity index (χ4v) is 9.75. The molecule has 1 aliphatic rings. The number of allylic oxidation sites excluding steroid dienone is 6. The van der Waals surface area contributed by atoms with Crippen LogP contribution in [0.1, 0.15) is 194 Å². The molecule has 0 aliphatic heterocycles. The molecule has 0 saturated heterocycles. The number of carbonyl (C=O) groups is 2. The summed E-state index contributed by atoms with van der Waals surface area (Å²) < 4.78 is 65.5. The zero-order valence-electron chi connectivity index (χ0n) is 41.1. The molecule has 69 heavy (non-hydrogen) atoms. The number of ether oxygens (including phenoxy) is 2. The number of aliphatic hydroxyl groups is 3. The Morgan fingerprint density at radius 2 is 0.855 bits per heavy atom. The van der Waals surface area contributed by atoms with Gasteiger partial charge in [0.25, 0.3) is 0 Å². The average molecular weight is 1050 g/mol. The van der Waals surface area contributed by atoms with Crippen LogP contribution in [-0.4, -0.2) is 108 Å². The highest BCUT2D eigenvalue weighted by atomic mass is 31.2. The Labute approximate surface area is 410 Å². The van der Waals surface area contributed by atoms with Crippen molar-refractivity contribution >= 4 is 35.4 Å². The number of hydrogen-bond donors (Lipinski definition) is 8. The van der Waals surface area contributed by atoms with Gasteiger partial charge in [-0.1, -0.05) is 172 Å². The van der Waals surface area contributed by atoms with E-state index in [1.54, 1.807) is 0 Å². The molecule has 0 heterocycles. The van der Waals surface area contributed by atoms with Crippen molar-refractivity contribution < 1.29 is 90.6 Å². The van der Waals surface area contributed by atoms with Crippen molar-refractivity contribution in [3.05, 3.63) is 36.5 Å². The van der Waals surface area contributed by atoms with E-state index in [9.17, 15) is 63.1 Å². The van der Waals surface area contributed by atoms with Crippen LogP contribution >= 0.6 is 23.5 Å². The van der Waals surface area contributed by atoms with Crippen LogP contribution in [-0.2, 0) is 50.9 Å². The monoisotopic (exact) mass is 1050 g/mol. The summed E-state index contributed by atoms with van der Waals surface area (Å²) in [5.74, 6) is -1.35. The van der Waals surface area contributed by atoms with Crippen LogP contribution in [0.2, 0.25) is 0 Å². The third-order valence-electron chi connectivity index (χ3n) is 11.4. The summed E-state index contributed by atoms with van der Waals surface area (Å²) in [7, 11) is -16.6. The summed E-state index contributed by atoms with van der Waals surface area (Å²) in [6, 6.07) is 0. The first-order valence-corrected chi connectivity index (χ1v) is 29.8. The average Bonchev–Trinajstić information content (AvgIpc) is 3.28. The molecule has 0 spiro atoms. The zero-order valence-corrected chi connectivity index (χ0v) is 43.8. The highest BCUT2D eigenvalue weighted by molar-refractivity contribution is 7.47. The number of hydrogen-bond acceptors (Lipinski definition) is 14. The fourth-order valence-electron chi connectivity index (χ4n) is 7.66.